The molecule has 7 heteroatoms. The molecule has 1 aromatic rings. The summed E-state index contributed by atoms with van der Waals surface area (Å²) in [4.78, 5) is 11.9. The Hall–Kier alpha value is -2.07. The molecule has 0 aliphatic carbocycles. The first-order valence-corrected chi connectivity index (χ1v) is 8.34. The second kappa shape index (κ2) is 7.09. The number of hydrogen-bond acceptors (Lipinski definition) is 4. The third-order valence-corrected chi connectivity index (χ3v) is 3.81. The molecule has 0 aliphatic heterocycles. The summed E-state index contributed by atoms with van der Waals surface area (Å²) in [6.07, 6.45) is 1.01. The fraction of sp³-hybridized carbons (Fsp3) is 0.429. The molecule has 0 atom stereocenters. The van der Waals surface area contributed by atoms with E-state index in [2.05, 4.69) is 5.32 Å². The Bertz CT molecular complexity index is 648. The molecule has 1 N–H and O–H groups in total. The Morgan fingerprint density at radius 1 is 1.38 bits per heavy atom. The average molecular weight is 309 g/mol. The molecule has 0 heterocycles. The van der Waals surface area contributed by atoms with Gasteiger partial charge in [-0.25, -0.2) is 8.42 Å². The number of hydrogen-bond donors (Lipinski definition) is 1. The number of nitrogens with one attached hydrogen (secondary N) is 1. The highest BCUT2D eigenvalue weighted by Crippen LogP contribution is 2.21. The molecule has 21 heavy (non-hydrogen) atoms. The second-order valence-corrected chi connectivity index (χ2v) is 7.00. The quantitative estimate of drug-likeness (QED) is 0.852. The van der Waals surface area contributed by atoms with Gasteiger partial charge in [-0.3, -0.25) is 9.10 Å². The van der Waals surface area contributed by atoms with Gasteiger partial charge in [-0.2, -0.15) is 5.26 Å². The van der Waals surface area contributed by atoms with Gasteiger partial charge in [0.1, 0.15) is 12.6 Å². The maximum Gasteiger partial charge on any atom is 0.240 e. The molecule has 0 aliphatic rings. The van der Waals surface area contributed by atoms with E-state index in [9.17, 15) is 13.2 Å². The lowest BCUT2D eigenvalue weighted by molar-refractivity contribution is -0.119. The van der Waals surface area contributed by atoms with Crippen molar-refractivity contribution in [2.24, 2.45) is 5.92 Å². The van der Waals surface area contributed by atoms with Gasteiger partial charge >= 0.3 is 0 Å². The molecule has 1 rings (SSSR count). The molecule has 0 saturated heterocycles. The lowest BCUT2D eigenvalue weighted by Gasteiger charge is -2.23. The van der Waals surface area contributed by atoms with Crippen LogP contribution in [0.15, 0.2) is 24.3 Å². The van der Waals surface area contributed by atoms with Gasteiger partial charge in [0.15, 0.2) is 0 Å². The second-order valence-electron chi connectivity index (χ2n) is 5.10. The minimum atomic E-state index is -3.66. The van der Waals surface area contributed by atoms with E-state index in [0.717, 1.165) is 10.6 Å². The summed E-state index contributed by atoms with van der Waals surface area (Å²) in [5.74, 6) is -0.131. The van der Waals surface area contributed by atoms with Crippen molar-refractivity contribution in [3.05, 3.63) is 29.8 Å². The molecule has 1 aromatic carbocycles. The maximum atomic E-state index is 11.9. The maximum absolute atomic E-state index is 11.9. The highest BCUT2D eigenvalue weighted by Gasteiger charge is 2.23. The molecule has 1 amide bonds. The summed E-state index contributed by atoms with van der Waals surface area (Å²) in [6, 6.07) is 8.22. The van der Waals surface area contributed by atoms with Gasteiger partial charge in [0.2, 0.25) is 15.9 Å². The minimum absolute atomic E-state index is 0.208. The van der Waals surface area contributed by atoms with E-state index in [1.165, 1.54) is 12.1 Å². The van der Waals surface area contributed by atoms with Gasteiger partial charge in [-0.05, 0) is 18.1 Å². The van der Waals surface area contributed by atoms with Crippen LogP contribution in [0.5, 0.6) is 0 Å². The van der Waals surface area contributed by atoms with Crippen LogP contribution in [-0.2, 0) is 14.8 Å². The van der Waals surface area contributed by atoms with Crippen LogP contribution in [-0.4, -0.2) is 33.7 Å². The van der Waals surface area contributed by atoms with Gasteiger partial charge in [0.05, 0.1) is 17.5 Å². The van der Waals surface area contributed by atoms with Crippen molar-refractivity contribution >= 4 is 21.6 Å². The smallest absolute Gasteiger partial charge is 0.240 e. The van der Waals surface area contributed by atoms with E-state index in [4.69, 9.17) is 5.26 Å². The standard InChI is InChI=1S/C14H19N3O3S/c1-11(2)9-16-14(18)10-17(21(3,19)20)13-7-5-4-6-12(13)8-15/h4-7,11H,9-10H2,1-3H3,(H,16,18). The zero-order valence-corrected chi connectivity index (χ0v) is 13.1. The van der Waals surface area contributed by atoms with Crippen LogP contribution in [0.4, 0.5) is 5.69 Å². The highest BCUT2D eigenvalue weighted by atomic mass is 32.2. The number of benzene rings is 1. The molecule has 0 spiro atoms. The molecule has 0 bridgehead atoms. The van der Waals surface area contributed by atoms with Crippen LogP contribution >= 0.6 is 0 Å². The van der Waals surface area contributed by atoms with Gasteiger partial charge in [-0.1, -0.05) is 26.0 Å². The molecule has 0 aromatic heterocycles. The minimum Gasteiger partial charge on any atom is -0.354 e. The van der Waals surface area contributed by atoms with Gasteiger partial charge in [-0.15, -0.1) is 0 Å². The molecule has 0 unspecified atom stereocenters. The van der Waals surface area contributed by atoms with E-state index < -0.39 is 15.9 Å². The van der Waals surface area contributed by atoms with E-state index >= 15 is 0 Å². The molecule has 6 nitrogen and oxygen atoms in total. The predicted molar refractivity (Wildman–Crippen MR) is 81.2 cm³/mol. The molecule has 0 radical (unpaired) electrons. The Morgan fingerprint density at radius 3 is 2.52 bits per heavy atom. The van der Waals surface area contributed by atoms with E-state index in [1.54, 1.807) is 12.1 Å². The summed E-state index contributed by atoms with van der Waals surface area (Å²) in [5.41, 5.74) is 0.418. The number of carbonyl (C=O) groups is 1. The molecule has 0 fully saturated rings. The van der Waals surface area contributed by atoms with Crippen LogP contribution in [0.3, 0.4) is 0 Å². The third kappa shape index (κ3) is 5.08. The van der Waals surface area contributed by atoms with Crippen molar-refractivity contribution in [2.75, 3.05) is 23.7 Å². The first kappa shape index (κ1) is 17.0. The number of anilines is 1. The number of nitriles is 1. The molecular weight excluding hydrogens is 290 g/mol. The largest absolute Gasteiger partial charge is 0.354 e. The van der Waals surface area contributed by atoms with E-state index in [-0.39, 0.29) is 23.7 Å². The van der Waals surface area contributed by atoms with Crippen molar-refractivity contribution < 1.29 is 13.2 Å². The van der Waals surface area contributed by atoms with Crippen LogP contribution in [0, 0.1) is 17.2 Å². The molecule has 0 saturated carbocycles. The Labute approximate surface area is 125 Å². The van der Waals surface area contributed by atoms with Crippen molar-refractivity contribution in [3.8, 4) is 6.07 Å². The third-order valence-electron chi connectivity index (χ3n) is 2.69. The van der Waals surface area contributed by atoms with Crippen LogP contribution < -0.4 is 9.62 Å². The Balaban J connectivity index is 3.04. The summed E-state index contributed by atoms with van der Waals surface area (Å²) in [5, 5.41) is 11.7. The number of carbonyl (C=O) groups excluding carboxylic acids is 1. The van der Waals surface area contributed by atoms with Crippen LogP contribution in [0.1, 0.15) is 19.4 Å². The number of para-hydroxylation sites is 1. The summed E-state index contributed by atoms with van der Waals surface area (Å²) >= 11 is 0. The van der Waals surface area contributed by atoms with Crippen molar-refractivity contribution in [1.29, 1.82) is 5.26 Å². The zero-order chi connectivity index (χ0) is 16.0. The van der Waals surface area contributed by atoms with Crippen LogP contribution in [0.25, 0.3) is 0 Å². The number of nitrogens with zero attached hydrogens (tertiary/aromatic N) is 2. The number of sulfonamides is 1. The zero-order valence-electron chi connectivity index (χ0n) is 12.3. The van der Waals surface area contributed by atoms with Crippen molar-refractivity contribution in [1.82, 2.24) is 5.32 Å². The van der Waals surface area contributed by atoms with Crippen LogP contribution in [0.2, 0.25) is 0 Å². The summed E-state index contributed by atoms with van der Waals surface area (Å²) in [7, 11) is -3.66. The predicted octanol–water partition coefficient (Wildman–Crippen LogP) is 1.10. The van der Waals surface area contributed by atoms with Crippen molar-refractivity contribution in [3.63, 3.8) is 0 Å². The first-order valence-electron chi connectivity index (χ1n) is 6.49. The lowest BCUT2D eigenvalue weighted by Crippen LogP contribution is -2.41. The van der Waals surface area contributed by atoms with Gasteiger partial charge in [0.25, 0.3) is 0 Å². The SMILES string of the molecule is CC(C)CNC(=O)CN(c1ccccc1C#N)S(C)(=O)=O. The van der Waals surface area contributed by atoms with Gasteiger partial charge < -0.3 is 5.32 Å². The number of amides is 1. The first-order chi connectivity index (χ1) is 9.75. The fourth-order valence-corrected chi connectivity index (χ4v) is 2.54. The molecular formula is C14H19N3O3S. The molecule has 114 valence electrons. The summed E-state index contributed by atoms with van der Waals surface area (Å²) < 4.78 is 24.8. The topological polar surface area (TPSA) is 90.3 Å². The normalized spacial score (nSPS) is 11.0. The Morgan fingerprint density at radius 2 is 2.00 bits per heavy atom. The Kier molecular flexibility index (Phi) is 5.73. The number of rotatable bonds is 6. The van der Waals surface area contributed by atoms with E-state index in [0.29, 0.717) is 6.54 Å². The van der Waals surface area contributed by atoms with Crippen molar-refractivity contribution in [2.45, 2.75) is 13.8 Å². The monoisotopic (exact) mass is 309 g/mol. The van der Waals surface area contributed by atoms with Gasteiger partial charge in [0, 0.05) is 6.54 Å². The average Bonchev–Trinajstić information content (AvgIpc) is 2.41. The summed E-state index contributed by atoms with van der Waals surface area (Å²) in [6.45, 7) is 4.01. The highest BCUT2D eigenvalue weighted by molar-refractivity contribution is 7.92. The lowest BCUT2D eigenvalue weighted by atomic mass is 10.2. The fourth-order valence-electron chi connectivity index (χ4n) is 1.67. The van der Waals surface area contributed by atoms with E-state index in [1.807, 2.05) is 19.9 Å².